The molecule has 2 rings (SSSR count). The molecule has 1 aliphatic rings. The predicted molar refractivity (Wildman–Crippen MR) is 54.7 cm³/mol. The summed E-state index contributed by atoms with van der Waals surface area (Å²) in [5.74, 6) is 0. The van der Waals surface area contributed by atoms with Crippen molar-refractivity contribution in [2.45, 2.75) is 6.92 Å². The highest BCUT2D eigenvalue weighted by atomic mass is 16.1. The fourth-order valence-corrected chi connectivity index (χ4v) is 1.68. The molecular formula is C9H14N4O. The first-order valence-corrected chi connectivity index (χ1v) is 4.79. The summed E-state index contributed by atoms with van der Waals surface area (Å²) in [5.41, 5.74) is 1.70. The Balaban J connectivity index is 2.29. The van der Waals surface area contributed by atoms with Crippen molar-refractivity contribution in [2.75, 3.05) is 31.1 Å². The van der Waals surface area contributed by atoms with Crippen LogP contribution in [0.15, 0.2) is 10.9 Å². The summed E-state index contributed by atoms with van der Waals surface area (Å²) < 4.78 is 0. The minimum atomic E-state index is -0.135. The van der Waals surface area contributed by atoms with Crippen LogP contribution in [0.3, 0.4) is 0 Å². The van der Waals surface area contributed by atoms with E-state index in [1.165, 1.54) is 0 Å². The second kappa shape index (κ2) is 3.79. The summed E-state index contributed by atoms with van der Waals surface area (Å²) in [6.45, 7) is 5.71. The Bertz CT molecular complexity index is 367. The zero-order valence-electron chi connectivity index (χ0n) is 8.21. The van der Waals surface area contributed by atoms with Crippen molar-refractivity contribution in [3.05, 3.63) is 22.1 Å². The normalized spacial score (nSPS) is 17.1. The number of aryl methyl sites for hydroxylation is 1. The number of hydrogen-bond acceptors (Lipinski definition) is 4. The Morgan fingerprint density at radius 2 is 2.14 bits per heavy atom. The number of nitrogens with one attached hydrogen (secondary N) is 2. The minimum Gasteiger partial charge on any atom is -0.367 e. The van der Waals surface area contributed by atoms with Crippen molar-refractivity contribution >= 4 is 5.69 Å². The highest BCUT2D eigenvalue weighted by Crippen LogP contribution is 2.14. The van der Waals surface area contributed by atoms with E-state index in [2.05, 4.69) is 20.4 Å². The number of rotatable bonds is 1. The molecule has 2 N–H and O–H groups in total. The molecule has 14 heavy (non-hydrogen) atoms. The lowest BCUT2D eigenvalue weighted by atomic mass is 10.2. The Kier molecular flexibility index (Phi) is 2.49. The summed E-state index contributed by atoms with van der Waals surface area (Å²) in [7, 11) is 0. The van der Waals surface area contributed by atoms with Crippen molar-refractivity contribution < 1.29 is 0 Å². The fourth-order valence-electron chi connectivity index (χ4n) is 1.68. The van der Waals surface area contributed by atoms with Crippen LogP contribution in [0.5, 0.6) is 0 Å². The third-order valence-corrected chi connectivity index (χ3v) is 2.43. The Hall–Kier alpha value is -1.36. The van der Waals surface area contributed by atoms with Crippen LogP contribution in [0, 0.1) is 6.92 Å². The smallest absolute Gasteiger partial charge is 0.266 e. The topological polar surface area (TPSA) is 61.0 Å². The molecule has 1 aromatic rings. The van der Waals surface area contributed by atoms with Gasteiger partial charge in [-0.1, -0.05) is 0 Å². The van der Waals surface area contributed by atoms with Gasteiger partial charge in [-0.05, 0) is 6.92 Å². The largest absolute Gasteiger partial charge is 0.367 e. The van der Waals surface area contributed by atoms with Crippen molar-refractivity contribution in [3.8, 4) is 0 Å². The van der Waals surface area contributed by atoms with Crippen LogP contribution in [0.2, 0.25) is 0 Å². The van der Waals surface area contributed by atoms with Gasteiger partial charge in [0.1, 0.15) is 0 Å². The third-order valence-electron chi connectivity index (χ3n) is 2.43. The molecule has 0 amide bonds. The Morgan fingerprint density at radius 1 is 1.43 bits per heavy atom. The molecule has 0 atom stereocenters. The van der Waals surface area contributed by atoms with Crippen LogP contribution in [0.25, 0.3) is 0 Å². The minimum absolute atomic E-state index is 0.135. The maximum atomic E-state index is 11.1. The van der Waals surface area contributed by atoms with Gasteiger partial charge in [-0.3, -0.25) is 4.79 Å². The van der Waals surface area contributed by atoms with Gasteiger partial charge in [0.05, 0.1) is 11.4 Å². The summed E-state index contributed by atoms with van der Waals surface area (Å²) in [5, 5.41) is 9.66. The number of anilines is 1. The maximum absolute atomic E-state index is 11.1. The van der Waals surface area contributed by atoms with E-state index in [0.29, 0.717) is 0 Å². The summed E-state index contributed by atoms with van der Waals surface area (Å²) >= 11 is 0. The summed E-state index contributed by atoms with van der Waals surface area (Å²) in [6.07, 6.45) is 0. The highest BCUT2D eigenvalue weighted by Gasteiger charge is 2.13. The molecule has 0 unspecified atom stereocenters. The molecular weight excluding hydrogens is 180 g/mol. The van der Waals surface area contributed by atoms with E-state index >= 15 is 0 Å². The van der Waals surface area contributed by atoms with Gasteiger partial charge >= 0.3 is 0 Å². The second-order valence-corrected chi connectivity index (χ2v) is 3.44. The summed E-state index contributed by atoms with van der Waals surface area (Å²) in [4.78, 5) is 13.3. The van der Waals surface area contributed by atoms with Gasteiger partial charge in [-0.15, -0.1) is 0 Å². The van der Waals surface area contributed by atoms with Gasteiger partial charge < -0.3 is 10.2 Å². The quantitative estimate of drug-likeness (QED) is 0.632. The predicted octanol–water partition coefficient (Wildman–Crippen LogP) is -0.512. The van der Waals surface area contributed by atoms with Crippen LogP contribution in [-0.4, -0.2) is 36.4 Å². The monoisotopic (exact) mass is 194 g/mol. The van der Waals surface area contributed by atoms with Gasteiger partial charge in [0.15, 0.2) is 0 Å². The van der Waals surface area contributed by atoms with Crippen molar-refractivity contribution in [2.24, 2.45) is 0 Å². The van der Waals surface area contributed by atoms with Gasteiger partial charge in [0.25, 0.3) is 5.56 Å². The van der Waals surface area contributed by atoms with Crippen molar-refractivity contribution in [3.63, 3.8) is 0 Å². The number of piperazine rings is 1. The average Bonchev–Trinajstić information content (AvgIpc) is 2.23. The van der Waals surface area contributed by atoms with E-state index in [-0.39, 0.29) is 5.56 Å². The molecule has 0 spiro atoms. The lowest BCUT2D eigenvalue weighted by molar-refractivity contribution is 0.586. The van der Waals surface area contributed by atoms with E-state index in [9.17, 15) is 4.79 Å². The molecule has 0 aliphatic carbocycles. The molecule has 5 nitrogen and oxygen atoms in total. The molecule has 1 saturated heterocycles. The van der Waals surface area contributed by atoms with Crippen LogP contribution in [-0.2, 0) is 0 Å². The van der Waals surface area contributed by atoms with Crippen molar-refractivity contribution in [1.82, 2.24) is 15.5 Å². The number of H-pyrrole nitrogens is 1. The van der Waals surface area contributed by atoms with E-state index in [0.717, 1.165) is 37.6 Å². The number of nitrogens with zero attached hydrogens (tertiary/aromatic N) is 2. The van der Waals surface area contributed by atoms with Crippen LogP contribution in [0.1, 0.15) is 5.69 Å². The van der Waals surface area contributed by atoms with Crippen molar-refractivity contribution in [1.29, 1.82) is 0 Å². The fraction of sp³-hybridized carbons (Fsp3) is 0.556. The first-order chi connectivity index (χ1) is 6.77. The molecule has 0 saturated carbocycles. The Morgan fingerprint density at radius 3 is 2.86 bits per heavy atom. The Labute approximate surface area is 82.1 Å². The molecule has 0 bridgehead atoms. The van der Waals surface area contributed by atoms with E-state index in [1.54, 1.807) is 6.07 Å². The molecule has 1 aliphatic heterocycles. The van der Waals surface area contributed by atoms with Crippen LogP contribution in [0.4, 0.5) is 5.69 Å². The van der Waals surface area contributed by atoms with E-state index < -0.39 is 0 Å². The first-order valence-electron chi connectivity index (χ1n) is 4.79. The molecule has 0 aromatic carbocycles. The number of aromatic nitrogens is 2. The SMILES string of the molecule is Cc1n[nH]c(=O)cc1N1CCNCC1. The first kappa shape index (κ1) is 9.21. The third kappa shape index (κ3) is 1.77. The van der Waals surface area contributed by atoms with Gasteiger partial charge in [-0.2, -0.15) is 5.10 Å². The molecule has 2 heterocycles. The van der Waals surface area contributed by atoms with Crippen LogP contribution < -0.4 is 15.8 Å². The molecule has 1 fully saturated rings. The lowest BCUT2D eigenvalue weighted by Crippen LogP contribution is -2.44. The molecule has 76 valence electrons. The molecule has 5 heteroatoms. The van der Waals surface area contributed by atoms with E-state index in [1.807, 2.05) is 6.92 Å². The van der Waals surface area contributed by atoms with Crippen LogP contribution >= 0.6 is 0 Å². The van der Waals surface area contributed by atoms with Gasteiger partial charge in [0.2, 0.25) is 0 Å². The number of hydrogen-bond donors (Lipinski definition) is 2. The number of aromatic amines is 1. The molecule has 0 radical (unpaired) electrons. The van der Waals surface area contributed by atoms with Gasteiger partial charge in [0, 0.05) is 32.2 Å². The molecule has 1 aromatic heterocycles. The zero-order valence-corrected chi connectivity index (χ0v) is 8.21. The standard InChI is InChI=1S/C9H14N4O/c1-7-8(6-9(14)12-11-7)13-4-2-10-3-5-13/h6,10H,2-5H2,1H3,(H,12,14). The summed E-state index contributed by atoms with van der Waals surface area (Å²) in [6, 6.07) is 1.62. The van der Waals surface area contributed by atoms with Gasteiger partial charge in [-0.25, -0.2) is 5.10 Å². The lowest BCUT2D eigenvalue weighted by Gasteiger charge is -2.29. The maximum Gasteiger partial charge on any atom is 0.266 e. The second-order valence-electron chi connectivity index (χ2n) is 3.44. The zero-order chi connectivity index (χ0) is 9.97. The average molecular weight is 194 g/mol. The van der Waals surface area contributed by atoms with E-state index in [4.69, 9.17) is 0 Å². The highest BCUT2D eigenvalue weighted by molar-refractivity contribution is 5.49.